The molecule has 5 aliphatic rings. The molecule has 2 heteroatoms. The molecule has 0 aliphatic heterocycles. The molecule has 112 valence electrons. The Balaban J connectivity index is 1.56. The number of hydrogen-bond acceptors (Lipinski definition) is 2. The summed E-state index contributed by atoms with van der Waals surface area (Å²) in [7, 11) is 0. The standard InChI is InChI=1S/C18H30N2/c19-20-18(14-5-3-1-2-4-6-14)17-15-8-12-7-13(10-15)11-16(17)9-12/h5,12-13,15-18,20H,1-4,6-11,19H2. The summed E-state index contributed by atoms with van der Waals surface area (Å²) in [5, 5.41) is 0. The monoisotopic (exact) mass is 274 g/mol. The van der Waals surface area contributed by atoms with Crippen molar-refractivity contribution in [1.82, 2.24) is 5.43 Å². The molecule has 4 saturated carbocycles. The van der Waals surface area contributed by atoms with Gasteiger partial charge in [-0.3, -0.25) is 11.3 Å². The second-order valence-corrected chi connectivity index (χ2v) is 8.03. The number of nitrogens with one attached hydrogen (secondary N) is 1. The zero-order chi connectivity index (χ0) is 13.5. The summed E-state index contributed by atoms with van der Waals surface area (Å²) in [6.45, 7) is 0. The lowest BCUT2D eigenvalue weighted by molar-refractivity contribution is -0.0471. The van der Waals surface area contributed by atoms with Crippen LogP contribution in [0.1, 0.15) is 64.2 Å². The van der Waals surface area contributed by atoms with Crippen molar-refractivity contribution < 1.29 is 0 Å². The largest absolute Gasteiger partial charge is 0.271 e. The average molecular weight is 274 g/mol. The van der Waals surface area contributed by atoms with Crippen LogP contribution in [0.25, 0.3) is 0 Å². The zero-order valence-corrected chi connectivity index (χ0v) is 12.7. The van der Waals surface area contributed by atoms with E-state index in [4.69, 9.17) is 5.84 Å². The third kappa shape index (κ3) is 2.25. The summed E-state index contributed by atoms with van der Waals surface area (Å²) in [5.41, 5.74) is 4.91. The lowest BCUT2D eigenvalue weighted by Crippen LogP contribution is -2.55. The van der Waals surface area contributed by atoms with Gasteiger partial charge in [-0.1, -0.05) is 18.1 Å². The van der Waals surface area contributed by atoms with Crippen LogP contribution < -0.4 is 11.3 Å². The van der Waals surface area contributed by atoms with Crippen LogP contribution in [0, 0.1) is 29.6 Å². The minimum Gasteiger partial charge on any atom is -0.271 e. The Morgan fingerprint density at radius 1 is 0.950 bits per heavy atom. The molecule has 0 heterocycles. The molecule has 0 amide bonds. The van der Waals surface area contributed by atoms with Crippen molar-refractivity contribution in [2.24, 2.45) is 35.4 Å². The molecule has 5 rings (SSSR count). The highest BCUT2D eigenvalue weighted by atomic mass is 15.2. The summed E-state index contributed by atoms with van der Waals surface area (Å²) in [5.74, 6) is 11.0. The van der Waals surface area contributed by atoms with Gasteiger partial charge in [0.1, 0.15) is 0 Å². The summed E-state index contributed by atoms with van der Waals surface area (Å²) < 4.78 is 0. The highest BCUT2D eigenvalue weighted by Gasteiger charge is 2.50. The van der Waals surface area contributed by atoms with Crippen LogP contribution >= 0.6 is 0 Å². The summed E-state index contributed by atoms with van der Waals surface area (Å²) >= 11 is 0. The van der Waals surface area contributed by atoms with E-state index in [1.54, 1.807) is 12.0 Å². The van der Waals surface area contributed by atoms with E-state index in [1.807, 2.05) is 0 Å². The lowest BCUT2D eigenvalue weighted by Gasteiger charge is -2.56. The predicted octanol–water partition coefficient (Wildman–Crippen LogP) is 3.78. The van der Waals surface area contributed by atoms with Crippen molar-refractivity contribution in [3.05, 3.63) is 11.6 Å². The Labute approximate surface area is 123 Å². The van der Waals surface area contributed by atoms with Crippen LogP contribution in [0.5, 0.6) is 0 Å². The first-order chi connectivity index (χ1) is 9.85. The van der Waals surface area contributed by atoms with Gasteiger partial charge in [-0.2, -0.15) is 0 Å². The Bertz CT molecular complexity index is 359. The van der Waals surface area contributed by atoms with Gasteiger partial charge in [0.2, 0.25) is 0 Å². The van der Waals surface area contributed by atoms with Crippen molar-refractivity contribution in [2.75, 3.05) is 0 Å². The molecular weight excluding hydrogens is 244 g/mol. The van der Waals surface area contributed by atoms with E-state index < -0.39 is 0 Å². The first-order valence-electron chi connectivity index (χ1n) is 9.00. The molecule has 0 aromatic rings. The van der Waals surface area contributed by atoms with Crippen LogP contribution in [-0.2, 0) is 0 Å². The fourth-order valence-corrected chi connectivity index (χ4v) is 6.30. The minimum atomic E-state index is 0.489. The number of hydrogen-bond donors (Lipinski definition) is 2. The fraction of sp³-hybridized carbons (Fsp3) is 0.889. The fourth-order valence-electron chi connectivity index (χ4n) is 6.30. The Morgan fingerprint density at radius 2 is 1.65 bits per heavy atom. The van der Waals surface area contributed by atoms with Crippen molar-refractivity contribution in [3.8, 4) is 0 Å². The van der Waals surface area contributed by atoms with Gasteiger partial charge in [-0.25, -0.2) is 0 Å². The molecule has 5 aliphatic carbocycles. The van der Waals surface area contributed by atoms with E-state index in [0.29, 0.717) is 6.04 Å². The Morgan fingerprint density at radius 3 is 2.30 bits per heavy atom. The molecule has 2 nitrogen and oxygen atoms in total. The van der Waals surface area contributed by atoms with Gasteiger partial charge in [0.05, 0.1) is 0 Å². The quantitative estimate of drug-likeness (QED) is 0.467. The molecule has 1 unspecified atom stereocenters. The second-order valence-electron chi connectivity index (χ2n) is 8.03. The van der Waals surface area contributed by atoms with Gasteiger partial charge in [0.25, 0.3) is 0 Å². The predicted molar refractivity (Wildman–Crippen MR) is 82.8 cm³/mol. The van der Waals surface area contributed by atoms with Crippen molar-refractivity contribution in [1.29, 1.82) is 0 Å². The van der Waals surface area contributed by atoms with Gasteiger partial charge >= 0.3 is 0 Å². The van der Waals surface area contributed by atoms with E-state index >= 15 is 0 Å². The van der Waals surface area contributed by atoms with Gasteiger partial charge in [-0.05, 0) is 87.4 Å². The molecule has 4 bridgehead atoms. The van der Waals surface area contributed by atoms with E-state index in [-0.39, 0.29) is 0 Å². The molecule has 0 saturated heterocycles. The highest BCUT2D eigenvalue weighted by Crippen LogP contribution is 2.58. The van der Waals surface area contributed by atoms with Gasteiger partial charge < -0.3 is 0 Å². The molecule has 0 aromatic heterocycles. The molecule has 4 fully saturated rings. The molecule has 0 radical (unpaired) electrons. The molecule has 3 N–H and O–H groups in total. The zero-order valence-electron chi connectivity index (χ0n) is 12.7. The third-order valence-corrected chi connectivity index (χ3v) is 6.84. The van der Waals surface area contributed by atoms with Gasteiger partial charge in [0.15, 0.2) is 0 Å². The maximum atomic E-state index is 6.04. The summed E-state index contributed by atoms with van der Waals surface area (Å²) in [6.07, 6.45) is 16.8. The summed E-state index contributed by atoms with van der Waals surface area (Å²) in [4.78, 5) is 0. The van der Waals surface area contributed by atoms with Crippen molar-refractivity contribution in [2.45, 2.75) is 70.3 Å². The van der Waals surface area contributed by atoms with Crippen LogP contribution in [0.4, 0.5) is 0 Å². The number of hydrazine groups is 1. The van der Waals surface area contributed by atoms with Crippen LogP contribution in [-0.4, -0.2) is 6.04 Å². The average Bonchev–Trinajstić information content (AvgIpc) is 2.71. The minimum absolute atomic E-state index is 0.489. The molecule has 20 heavy (non-hydrogen) atoms. The lowest BCUT2D eigenvalue weighted by atomic mass is 9.50. The Kier molecular flexibility index (Phi) is 3.64. The van der Waals surface area contributed by atoms with Crippen molar-refractivity contribution >= 4 is 0 Å². The van der Waals surface area contributed by atoms with E-state index in [1.165, 1.54) is 57.8 Å². The van der Waals surface area contributed by atoms with E-state index in [2.05, 4.69) is 11.5 Å². The van der Waals surface area contributed by atoms with Crippen LogP contribution in [0.15, 0.2) is 11.6 Å². The number of allylic oxidation sites excluding steroid dienone is 1. The molecule has 0 spiro atoms. The maximum Gasteiger partial charge on any atom is 0.0453 e. The normalized spacial score (nSPS) is 45.0. The molecule has 1 atom stereocenters. The smallest absolute Gasteiger partial charge is 0.0453 e. The summed E-state index contributed by atoms with van der Waals surface area (Å²) in [6, 6.07) is 0.489. The Hall–Kier alpha value is -0.340. The molecule has 0 aromatic carbocycles. The topological polar surface area (TPSA) is 38.0 Å². The maximum absolute atomic E-state index is 6.04. The highest BCUT2D eigenvalue weighted by molar-refractivity contribution is 5.17. The van der Waals surface area contributed by atoms with Gasteiger partial charge in [0, 0.05) is 6.04 Å². The van der Waals surface area contributed by atoms with E-state index in [0.717, 1.165) is 29.6 Å². The van der Waals surface area contributed by atoms with Gasteiger partial charge in [-0.15, -0.1) is 0 Å². The first kappa shape index (κ1) is 13.3. The third-order valence-electron chi connectivity index (χ3n) is 6.84. The van der Waals surface area contributed by atoms with Crippen molar-refractivity contribution in [3.63, 3.8) is 0 Å². The van der Waals surface area contributed by atoms with Crippen LogP contribution in [0.2, 0.25) is 0 Å². The van der Waals surface area contributed by atoms with Crippen LogP contribution in [0.3, 0.4) is 0 Å². The first-order valence-corrected chi connectivity index (χ1v) is 9.00. The number of rotatable bonds is 3. The van der Waals surface area contributed by atoms with E-state index in [9.17, 15) is 0 Å². The SMILES string of the molecule is NNC(C1=CCCCCC1)C1C2CC3CC(C2)CC1C3. The molecular formula is C18H30N2. The number of nitrogens with two attached hydrogens (primary N) is 1. The second kappa shape index (κ2) is 5.46.